The van der Waals surface area contributed by atoms with E-state index in [-0.39, 0.29) is 17.9 Å². The van der Waals surface area contributed by atoms with Crippen LogP contribution in [0.4, 0.5) is 36.3 Å². The summed E-state index contributed by atoms with van der Waals surface area (Å²) in [6.45, 7) is 3.68. The Balaban J connectivity index is 1.97. The molecule has 28 heavy (non-hydrogen) atoms. The van der Waals surface area contributed by atoms with E-state index in [1.165, 1.54) is 0 Å². The molecule has 0 aliphatic heterocycles. The van der Waals surface area contributed by atoms with E-state index < -0.39 is 11.7 Å². The van der Waals surface area contributed by atoms with Crippen molar-refractivity contribution in [3.05, 3.63) is 66.4 Å². The van der Waals surface area contributed by atoms with Crippen molar-refractivity contribution in [2.75, 3.05) is 10.6 Å². The lowest BCUT2D eigenvalue weighted by atomic mass is 10.2. The van der Waals surface area contributed by atoms with Gasteiger partial charge in [0.15, 0.2) is 0 Å². The van der Waals surface area contributed by atoms with Crippen LogP contribution in [0.1, 0.15) is 19.4 Å². The standard InChI is InChI=1S/C20H19F3N4O/c1-13(2)28-17-11-7-6-10-16(17)26-18-15(20(21,22)23)12-24-19(27-18)25-14-8-4-3-5-9-14/h3-13H,1-2H3,(H2,24,25,26,27). The van der Waals surface area contributed by atoms with Crippen molar-refractivity contribution in [3.8, 4) is 5.75 Å². The molecule has 0 unspecified atom stereocenters. The SMILES string of the molecule is CC(C)Oc1ccccc1Nc1nc(Nc2ccccc2)ncc1C(F)(F)F. The van der Waals surface area contributed by atoms with Crippen molar-refractivity contribution < 1.29 is 17.9 Å². The molecule has 0 bridgehead atoms. The van der Waals surface area contributed by atoms with E-state index in [1.807, 2.05) is 19.9 Å². The highest BCUT2D eigenvalue weighted by Crippen LogP contribution is 2.37. The smallest absolute Gasteiger partial charge is 0.421 e. The molecule has 0 saturated carbocycles. The van der Waals surface area contributed by atoms with Gasteiger partial charge in [0.1, 0.15) is 17.1 Å². The van der Waals surface area contributed by atoms with Crippen molar-refractivity contribution in [3.63, 3.8) is 0 Å². The number of benzene rings is 2. The van der Waals surface area contributed by atoms with Crippen LogP contribution in [0.2, 0.25) is 0 Å². The zero-order chi connectivity index (χ0) is 20.1. The first-order chi connectivity index (χ1) is 13.3. The molecule has 1 aromatic heterocycles. The number of nitrogens with zero attached hydrogens (tertiary/aromatic N) is 2. The monoisotopic (exact) mass is 388 g/mol. The molecular weight excluding hydrogens is 369 g/mol. The fourth-order valence-electron chi connectivity index (χ4n) is 2.45. The van der Waals surface area contributed by atoms with E-state index in [0.717, 1.165) is 6.20 Å². The molecule has 0 atom stereocenters. The van der Waals surface area contributed by atoms with Gasteiger partial charge in [-0.25, -0.2) is 4.98 Å². The Kier molecular flexibility index (Phi) is 5.67. The number of hydrogen-bond acceptors (Lipinski definition) is 5. The van der Waals surface area contributed by atoms with Crippen LogP contribution < -0.4 is 15.4 Å². The maximum absolute atomic E-state index is 13.4. The molecule has 0 saturated heterocycles. The Bertz CT molecular complexity index is 930. The summed E-state index contributed by atoms with van der Waals surface area (Å²) in [5.74, 6) is 0.117. The van der Waals surface area contributed by atoms with Crippen LogP contribution in [-0.4, -0.2) is 16.1 Å². The molecule has 0 radical (unpaired) electrons. The third-order valence-corrected chi connectivity index (χ3v) is 3.63. The first kappa shape index (κ1) is 19.5. The normalized spacial score (nSPS) is 11.4. The van der Waals surface area contributed by atoms with Gasteiger partial charge in [-0.3, -0.25) is 0 Å². The highest BCUT2D eigenvalue weighted by atomic mass is 19.4. The first-order valence-corrected chi connectivity index (χ1v) is 8.62. The number of halogens is 3. The van der Waals surface area contributed by atoms with Gasteiger partial charge in [0.2, 0.25) is 5.95 Å². The van der Waals surface area contributed by atoms with Crippen LogP contribution in [0.15, 0.2) is 60.8 Å². The summed E-state index contributed by atoms with van der Waals surface area (Å²) in [4.78, 5) is 7.84. The van der Waals surface area contributed by atoms with Crippen molar-refractivity contribution in [1.29, 1.82) is 0 Å². The maximum atomic E-state index is 13.4. The second-order valence-corrected chi connectivity index (χ2v) is 6.23. The lowest BCUT2D eigenvalue weighted by Gasteiger charge is -2.18. The number of aromatic nitrogens is 2. The van der Waals surface area contributed by atoms with Crippen molar-refractivity contribution in [2.24, 2.45) is 0 Å². The van der Waals surface area contributed by atoms with Gasteiger partial charge in [0, 0.05) is 11.9 Å². The quantitative estimate of drug-likeness (QED) is 0.561. The van der Waals surface area contributed by atoms with Crippen LogP contribution >= 0.6 is 0 Å². The minimum absolute atomic E-state index is 0.0453. The van der Waals surface area contributed by atoms with Crippen LogP contribution in [0.5, 0.6) is 5.75 Å². The summed E-state index contributed by atoms with van der Waals surface area (Å²) in [5, 5.41) is 5.64. The molecule has 0 aliphatic rings. The van der Waals surface area contributed by atoms with Gasteiger partial charge in [-0.1, -0.05) is 30.3 Å². The van der Waals surface area contributed by atoms with Crippen molar-refractivity contribution in [2.45, 2.75) is 26.1 Å². The fourth-order valence-corrected chi connectivity index (χ4v) is 2.45. The summed E-state index contributed by atoms with van der Waals surface area (Å²) >= 11 is 0. The van der Waals surface area contributed by atoms with E-state index in [1.54, 1.807) is 48.5 Å². The molecule has 2 N–H and O–H groups in total. The van der Waals surface area contributed by atoms with Gasteiger partial charge < -0.3 is 15.4 Å². The number of hydrogen-bond donors (Lipinski definition) is 2. The zero-order valence-electron chi connectivity index (χ0n) is 15.3. The molecule has 5 nitrogen and oxygen atoms in total. The third-order valence-electron chi connectivity index (χ3n) is 3.63. The predicted octanol–water partition coefficient (Wildman–Crippen LogP) is 5.77. The molecule has 3 rings (SSSR count). The number of para-hydroxylation sites is 3. The molecule has 2 aromatic carbocycles. The molecule has 0 fully saturated rings. The van der Waals surface area contributed by atoms with Crippen LogP contribution in [0, 0.1) is 0 Å². The van der Waals surface area contributed by atoms with Gasteiger partial charge >= 0.3 is 6.18 Å². The predicted molar refractivity (Wildman–Crippen MR) is 102 cm³/mol. The van der Waals surface area contributed by atoms with Gasteiger partial charge in [-0.05, 0) is 38.1 Å². The average Bonchev–Trinajstić information content (AvgIpc) is 2.63. The minimum atomic E-state index is -4.61. The number of rotatable bonds is 6. The molecule has 1 heterocycles. The summed E-state index contributed by atoms with van der Waals surface area (Å²) in [6.07, 6.45) is -3.99. The maximum Gasteiger partial charge on any atom is 0.421 e. The van der Waals surface area contributed by atoms with Crippen LogP contribution in [0.3, 0.4) is 0 Å². The summed E-state index contributed by atoms with van der Waals surface area (Å²) in [6, 6.07) is 15.7. The number of nitrogens with one attached hydrogen (secondary N) is 2. The van der Waals surface area contributed by atoms with Crippen molar-refractivity contribution in [1.82, 2.24) is 9.97 Å². The zero-order valence-corrected chi connectivity index (χ0v) is 15.3. The Hall–Kier alpha value is -3.29. The molecule has 0 aliphatic carbocycles. The Morgan fingerprint density at radius 1 is 0.929 bits per heavy atom. The van der Waals surface area contributed by atoms with Crippen LogP contribution in [-0.2, 0) is 6.18 Å². The first-order valence-electron chi connectivity index (χ1n) is 8.62. The molecule has 3 aromatic rings. The van der Waals surface area contributed by atoms with E-state index >= 15 is 0 Å². The molecular formula is C20H19F3N4O. The lowest BCUT2D eigenvalue weighted by Crippen LogP contribution is -2.13. The highest BCUT2D eigenvalue weighted by molar-refractivity contribution is 5.67. The number of alkyl halides is 3. The topological polar surface area (TPSA) is 59.1 Å². The Morgan fingerprint density at radius 2 is 1.61 bits per heavy atom. The largest absolute Gasteiger partial charge is 0.489 e. The Labute approximate surface area is 160 Å². The van der Waals surface area contributed by atoms with Gasteiger partial charge in [-0.2, -0.15) is 18.2 Å². The van der Waals surface area contributed by atoms with Gasteiger partial charge in [-0.15, -0.1) is 0 Å². The third kappa shape index (κ3) is 4.91. The molecule has 0 spiro atoms. The summed E-state index contributed by atoms with van der Waals surface area (Å²) in [5.41, 5.74) is 0.0771. The van der Waals surface area contributed by atoms with E-state index in [9.17, 15) is 13.2 Å². The average molecular weight is 388 g/mol. The highest BCUT2D eigenvalue weighted by Gasteiger charge is 2.35. The molecule has 8 heteroatoms. The summed E-state index contributed by atoms with van der Waals surface area (Å²) < 4.78 is 46.0. The second-order valence-electron chi connectivity index (χ2n) is 6.23. The van der Waals surface area contributed by atoms with Gasteiger partial charge in [0.25, 0.3) is 0 Å². The molecule has 146 valence electrons. The number of ether oxygens (including phenoxy) is 1. The van der Waals surface area contributed by atoms with Crippen LogP contribution in [0.25, 0.3) is 0 Å². The Morgan fingerprint density at radius 3 is 2.29 bits per heavy atom. The van der Waals surface area contributed by atoms with Gasteiger partial charge in [0.05, 0.1) is 11.8 Å². The molecule has 0 amide bonds. The van der Waals surface area contributed by atoms with E-state index in [2.05, 4.69) is 20.6 Å². The van der Waals surface area contributed by atoms with Crippen molar-refractivity contribution >= 4 is 23.1 Å². The van der Waals surface area contributed by atoms with E-state index in [4.69, 9.17) is 4.74 Å². The van der Waals surface area contributed by atoms with E-state index in [0.29, 0.717) is 17.1 Å². The summed E-state index contributed by atoms with van der Waals surface area (Å²) in [7, 11) is 0. The minimum Gasteiger partial charge on any atom is -0.489 e. The fraction of sp³-hybridized carbons (Fsp3) is 0.200. The number of anilines is 4. The lowest BCUT2D eigenvalue weighted by molar-refractivity contribution is -0.137. The second kappa shape index (κ2) is 8.16.